The summed E-state index contributed by atoms with van der Waals surface area (Å²) in [7, 11) is 0. The Morgan fingerprint density at radius 3 is 2.76 bits per heavy atom. The summed E-state index contributed by atoms with van der Waals surface area (Å²) in [4.78, 5) is 18.5. The van der Waals surface area contributed by atoms with Crippen LogP contribution in [0.25, 0.3) is 0 Å². The molecule has 1 saturated heterocycles. The van der Waals surface area contributed by atoms with Gasteiger partial charge in [0, 0.05) is 18.5 Å². The van der Waals surface area contributed by atoms with E-state index < -0.39 is 0 Å². The van der Waals surface area contributed by atoms with Gasteiger partial charge in [0.05, 0.1) is 0 Å². The normalized spacial score (nSPS) is 28.7. The predicted octanol–water partition coefficient (Wildman–Crippen LogP) is 1.55. The lowest BCUT2D eigenvalue weighted by Crippen LogP contribution is -2.34. The topological polar surface area (TPSA) is 61.9 Å². The van der Waals surface area contributed by atoms with Crippen LogP contribution < -0.4 is 0 Å². The molecule has 1 aliphatic carbocycles. The lowest BCUT2D eigenvalue weighted by atomic mass is 10.1. The molecule has 2 heterocycles. The zero-order valence-corrected chi connectivity index (χ0v) is 10.3. The van der Waals surface area contributed by atoms with Crippen molar-refractivity contribution in [1.29, 1.82) is 0 Å². The first kappa shape index (κ1) is 10.7. The van der Waals surface area contributed by atoms with Crippen molar-refractivity contribution in [2.45, 2.75) is 45.1 Å². The summed E-state index contributed by atoms with van der Waals surface area (Å²) >= 11 is 0. The highest BCUT2D eigenvalue weighted by Crippen LogP contribution is 2.37. The molecule has 2 aliphatic rings. The van der Waals surface area contributed by atoms with E-state index in [4.69, 9.17) is 0 Å². The van der Waals surface area contributed by atoms with Crippen LogP contribution in [-0.2, 0) is 0 Å². The van der Waals surface area contributed by atoms with Crippen molar-refractivity contribution in [3.8, 4) is 0 Å². The molecule has 1 saturated carbocycles. The monoisotopic (exact) mass is 234 g/mol. The van der Waals surface area contributed by atoms with E-state index >= 15 is 0 Å². The molecule has 0 spiro atoms. The Kier molecular flexibility index (Phi) is 2.42. The van der Waals surface area contributed by atoms with E-state index in [-0.39, 0.29) is 5.91 Å². The molecule has 1 amide bonds. The van der Waals surface area contributed by atoms with Gasteiger partial charge in [0.2, 0.25) is 5.82 Å². The number of rotatable bonds is 2. The third-order valence-electron chi connectivity index (χ3n) is 3.70. The van der Waals surface area contributed by atoms with Crippen molar-refractivity contribution in [3.63, 3.8) is 0 Å². The summed E-state index contributed by atoms with van der Waals surface area (Å²) < 4.78 is 0. The first-order chi connectivity index (χ1) is 8.15. The van der Waals surface area contributed by atoms with Crippen LogP contribution in [0.5, 0.6) is 0 Å². The van der Waals surface area contributed by atoms with Crippen molar-refractivity contribution in [2.24, 2.45) is 5.92 Å². The second-order valence-electron chi connectivity index (χ2n) is 5.47. The maximum absolute atomic E-state index is 12.2. The predicted molar refractivity (Wildman–Crippen MR) is 62.6 cm³/mol. The highest BCUT2D eigenvalue weighted by molar-refractivity contribution is 5.90. The summed E-state index contributed by atoms with van der Waals surface area (Å²) in [5.41, 5.74) is 0. The van der Waals surface area contributed by atoms with Crippen LogP contribution in [0.15, 0.2) is 0 Å². The van der Waals surface area contributed by atoms with Gasteiger partial charge in [0.25, 0.3) is 5.91 Å². The van der Waals surface area contributed by atoms with Gasteiger partial charge in [-0.1, -0.05) is 6.92 Å². The van der Waals surface area contributed by atoms with Gasteiger partial charge >= 0.3 is 0 Å². The minimum Gasteiger partial charge on any atom is -0.333 e. The van der Waals surface area contributed by atoms with Gasteiger partial charge in [0.15, 0.2) is 0 Å². The smallest absolute Gasteiger partial charge is 0.293 e. The minimum atomic E-state index is -0.0231. The molecule has 0 radical (unpaired) electrons. The number of aromatic amines is 1. The highest BCUT2D eigenvalue weighted by atomic mass is 16.2. The molecule has 0 bridgehead atoms. The number of likely N-dealkylation sites (tertiary alicyclic amines) is 1. The number of carbonyl (C=O) groups excluding carboxylic acids is 1. The molecule has 17 heavy (non-hydrogen) atoms. The zero-order valence-electron chi connectivity index (χ0n) is 10.3. The van der Waals surface area contributed by atoms with Crippen LogP contribution in [-0.4, -0.2) is 38.6 Å². The fraction of sp³-hybridized carbons (Fsp3) is 0.750. The van der Waals surface area contributed by atoms with Gasteiger partial charge in [-0.25, -0.2) is 4.98 Å². The lowest BCUT2D eigenvalue weighted by Gasteiger charge is -2.19. The van der Waals surface area contributed by atoms with E-state index in [1.807, 2.05) is 4.90 Å². The quantitative estimate of drug-likeness (QED) is 0.844. The van der Waals surface area contributed by atoms with Gasteiger partial charge < -0.3 is 4.90 Å². The van der Waals surface area contributed by atoms with Crippen LogP contribution in [0.4, 0.5) is 0 Å². The van der Waals surface area contributed by atoms with E-state index in [1.54, 1.807) is 0 Å². The molecular weight excluding hydrogens is 216 g/mol. The summed E-state index contributed by atoms with van der Waals surface area (Å²) in [6, 6.07) is 0.306. The molecule has 2 atom stereocenters. The third-order valence-corrected chi connectivity index (χ3v) is 3.70. The van der Waals surface area contributed by atoms with Crippen molar-refractivity contribution in [1.82, 2.24) is 20.1 Å². The van der Waals surface area contributed by atoms with E-state index in [9.17, 15) is 4.79 Å². The van der Waals surface area contributed by atoms with E-state index in [0.29, 0.717) is 23.7 Å². The summed E-state index contributed by atoms with van der Waals surface area (Å²) in [5.74, 6) is 2.29. The third kappa shape index (κ3) is 1.94. The fourth-order valence-electron chi connectivity index (χ4n) is 2.62. The highest BCUT2D eigenvalue weighted by Gasteiger charge is 2.34. The average Bonchev–Trinajstić information content (AvgIpc) is 2.92. The first-order valence-corrected chi connectivity index (χ1v) is 6.38. The van der Waals surface area contributed by atoms with Crippen molar-refractivity contribution >= 4 is 5.91 Å². The minimum absolute atomic E-state index is 0.0231. The van der Waals surface area contributed by atoms with E-state index in [1.165, 1.54) is 12.8 Å². The second-order valence-corrected chi connectivity index (χ2v) is 5.47. The Bertz CT molecular complexity index is 437. The Morgan fingerprint density at radius 2 is 2.18 bits per heavy atom. The number of aromatic nitrogens is 3. The largest absolute Gasteiger partial charge is 0.333 e. The Labute approximate surface area is 101 Å². The first-order valence-electron chi connectivity index (χ1n) is 6.38. The Hall–Kier alpha value is -1.39. The second kappa shape index (κ2) is 3.82. The van der Waals surface area contributed by atoms with Crippen molar-refractivity contribution in [3.05, 3.63) is 11.6 Å². The molecule has 1 aromatic rings. The maximum Gasteiger partial charge on any atom is 0.293 e. The molecular formula is C12H18N4O. The summed E-state index contributed by atoms with van der Waals surface area (Å²) in [5, 5.41) is 6.94. The number of carbonyl (C=O) groups is 1. The number of nitrogens with one attached hydrogen (secondary N) is 1. The number of nitrogens with zero attached hydrogens (tertiary/aromatic N) is 3. The fourth-order valence-corrected chi connectivity index (χ4v) is 2.62. The molecule has 5 heteroatoms. The summed E-state index contributed by atoms with van der Waals surface area (Å²) in [6.45, 7) is 5.10. The number of H-pyrrole nitrogens is 1. The Balaban J connectivity index is 1.76. The van der Waals surface area contributed by atoms with Crippen LogP contribution in [0.2, 0.25) is 0 Å². The molecule has 1 aliphatic heterocycles. The van der Waals surface area contributed by atoms with Crippen LogP contribution in [0.3, 0.4) is 0 Å². The SMILES string of the molecule is CC1CC(C)N(C(=O)c2n[nH]c(C3CC3)n2)C1. The molecule has 5 nitrogen and oxygen atoms in total. The maximum atomic E-state index is 12.2. The van der Waals surface area contributed by atoms with Crippen LogP contribution in [0, 0.1) is 5.92 Å². The lowest BCUT2D eigenvalue weighted by molar-refractivity contribution is 0.0732. The number of hydrogen-bond acceptors (Lipinski definition) is 3. The summed E-state index contributed by atoms with van der Waals surface area (Å²) in [6.07, 6.45) is 3.41. The van der Waals surface area contributed by atoms with Crippen molar-refractivity contribution in [2.75, 3.05) is 6.54 Å². The molecule has 1 aromatic heterocycles. The molecule has 92 valence electrons. The van der Waals surface area contributed by atoms with Crippen molar-refractivity contribution < 1.29 is 4.79 Å². The van der Waals surface area contributed by atoms with Gasteiger partial charge in [0.1, 0.15) is 5.82 Å². The van der Waals surface area contributed by atoms with Gasteiger partial charge in [-0.2, -0.15) is 0 Å². The van der Waals surface area contributed by atoms with E-state index in [0.717, 1.165) is 18.8 Å². The van der Waals surface area contributed by atoms with Gasteiger partial charge in [-0.05, 0) is 32.1 Å². The van der Waals surface area contributed by atoms with Gasteiger partial charge in [-0.3, -0.25) is 9.89 Å². The van der Waals surface area contributed by atoms with Crippen LogP contribution >= 0.6 is 0 Å². The average molecular weight is 234 g/mol. The van der Waals surface area contributed by atoms with Gasteiger partial charge in [-0.15, -0.1) is 5.10 Å². The standard InChI is InChI=1S/C12H18N4O/c1-7-5-8(2)16(6-7)12(17)11-13-10(14-15-11)9-3-4-9/h7-9H,3-6H2,1-2H3,(H,13,14,15). The number of hydrogen-bond donors (Lipinski definition) is 1. The molecule has 3 rings (SSSR count). The molecule has 0 aromatic carbocycles. The van der Waals surface area contributed by atoms with E-state index in [2.05, 4.69) is 29.0 Å². The Morgan fingerprint density at radius 1 is 1.41 bits per heavy atom. The molecule has 1 N–H and O–H groups in total. The van der Waals surface area contributed by atoms with Crippen LogP contribution in [0.1, 0.15) is 55.5 Å². The zero-order chi connectivity index (χ0) is 12.0. The molecule has 2 unspecified atom stereocenters. The molecule has 2 fully saturated rings. The number of amides is 1.